The fourth-order valence-corrected chi connectivity index (χ4v) is 7.01. The first-order valence-electron chi connectivity index (χ1n) is 14.1. The number of hydrogen-bond donors (Lipinski definition) is 3. The number of likely N-dealkylation sites (tertiary alicyclic amines) is 2. The molecule has 2 aliphatic heterocycles. The second-order valence-corrected chi connectivity index (χ2v) is 11.4. The second-order valence-electron chi connectivity index (χ2n) is 11.4. The fourth-order valence-electron chi connectivity index (χ4n) is 7.01. The van der Waals surface area contributed by atoms with E-state index in [1.807, 2.05) is 29.8 Å². The fraction of sp³-hybridized carbons (Fsp3) is 0.621. The van der Waals surface area contributed by atoms with Gasteiger partial charge in [0.25, 0.3) is 0 Å². The molecule has 2 aromatic rings. The number of H-pyrrole nitrogens is 1. The molecule has 0 radical (unpaired) electrons. The smallest absolute Gasteiger partial charge is 0.317 e. The number of aromatic amines is 1. The summed E-state index contributed by atoms with van der Waals surface area (Å²) in [6.45, 7) is 4.80. The number of carbonyl (C=O) groups excluding carboxylic acids is 2. The van der Waals surface area contributed by atoms with Crippen LogP contribution in [0.3, 0.4) is 0 Å². The molecule has 38 heavy (non-hydrogen) atoms. The molecule has 2 saturated heterocycles. The molecule has 0 bridgehead atoms. The SMILES string of the molecule is CC[C@@H](C)C(=O)N[C@H](C(=O)N1CC[C@@H]2[C@H]1[C@@H](c1c[nH]c3cc(F)ccc13)CN2CC(=O)O)C1CCCCC1. The molecule has 8 nitrogen and oxygen atoms in total. The predicted octanol–water partition coefficient (Wildman–Crippen LogP) is 3.87. The van der Waals surface area contributed by atoms with Crippen molar-refractivity contribution in [2.24, 2.45) is 11.8 Å². The molecule has 1 aromatic carbocycles. The molecule has 3 aliphatic rings. The molecule has 1 saturated carbocycles. The van der Waals surface area contributed by atoms with Gasteiger partial charge in [-0.05, 0) is 55.4 Å². The van der Waals surface area contributed by atoms with Gasteiger partial charge in [0.2, 0.25) is 11.8 Å². The lowest BCUT2D eigenvalue weighted by Crippen LogP contribution is -2.55. The van der Waals surface area contributed by atoms with Gasteiger partial charge in [-0.1, -0.05) is 33.1 Å². The van der Waals surface area contributed by atoms with E-state index >= 15 is 0 Å². The number of halogens is 1. The first-order chi connectivity index (χ1) is 18.3. The molecule has 0 spiro atoms. The van der Waals surface area contributed by atoms with Crippen molar-refractivity contribution in [3.63, 3.8) is 0 Å². The molecule has 9 heteroatoms. The summed E-state index contributed by atoms with van der Waals surface area (Å²) in [5.74, 6) is -1.53. The number of amides is 2. The first-order valence-corrected chi connectivity index (χ1v) is 14.1. The van der Waals surface area contributed by atoms with Crippen molar-refractivity contribution in [2.75, 3.05) is 19.6 Å². The van der Waals surface area contributed by atoms with Gasteiger partial charge >= 0.3 is 5.97 Å². The van der Waals surface area contributed by atoms with E-state index in [1.165, 1.54) is 12.1 Å². The number of fused-ring (bicyclic) bond motifs is 2. The average Bonchev–Trinajstić information content (AvgIpc) is 3.61. The Morgan fingerprint density at radius 3 is 2.66 bits per heavy atom. The summed E-state index contributed by atoms with van der Waals surface area (Å²) in [6, 6.07) is 3.79. The number of nitrogens with zero attached hydrogens (tertiary/aromatic N) is 2. The lowest BCUT2D eigenvalue weighted by Gasteiger charge is -2.36. The number of nitrogens with one attached hydrogen (secondary N) is 2. The molecule has 3 fully saturated rings. The van der Waals surface area contributed by atoms with Crippen LogP contribution >= 0.6 is 0 Å². The summed E-state index contributed by atoms with van der Waals surface area (Å²) in [6.07, 6.45) is 8.37. The van der Waals surface area contributed by atoms with E-state index in [-0.39, 0.29) is 54.0 Å². The quantitative estimate of drug-likeness (QED) is 0.484. The van der Waals surface area contributed by atoms with E-state index in [2.05, 4.69) is 10.3 Å². The number of carbonyl (C=O) groups is 3. The highest BCUT2D eigenvalue weighted by atomic mass is 19.1. The van der Waals surface area contributed by atoms with Crippen molar-refractivity contribution >= 4 is 28.7 Å². The summed E-state index contributed by atoms with van der Waals surface area (Å²) in [4.78, 5) is 46.1. The maximum absolute atomic E-state index is 14.3. The van der Waals surface area contributed by atoms with Crippen molar-refractivity contribution in [3.05, 3.63) is 35.8 Å². The van der Waals surface area contributed by atoms with Crippen LogP contribution in [0.25, 0.3) is 10.9 Å². The summed E-state index contributed by atoms with van der Waals surface area (Å²) >= 11 is 0. The van der Waals surface area contributed by atoms with Gasteiger partial charge < -0.3 is 20.3 Å². The lowest BCUT2D eigenvalue weighted by molar-refractivity contribution is -0.140. The van der Waals surface area contributed by atoms with E-state index in [1.54, 1.807) is 6.07 Å². The Hall–Kier alpha value is -2.94. The lowest BCUT2D eigenvalue weighted by atomic mass is 9.82. The van der Waals surface area contributed by atoms with Crippen molar-refractivity contribution in [1.82, 2.24) is 20.1 Å². The third-order valence-electron chi connectivity index (χ3n) is 9.17. The van der Waals surface area contributed by atoms with Crippen LogP contribution in [0.4, 0.5) is 4.39 Å². The van der Waals surface area contributed by atoms with Crippen LogP contribution in [0, 0.1) is 17.7 Å². The Labute approximate surface area is 222 Å². The first kappa shape index (κ1) is 26.7. The minimum atomic E-state index is -0.893. The van der Waals surface area contributed by atoms with Crippen molar-refractivity contribution in [2.45, 2.75) is 82.8 Å². The Morgan fingerprint density at radius 2 is 1.95 bits per heavy atom. The molecule has 3 N–H and O–H groups in total. The molecule has 1 aliphatic carbocycles. The van der Waals surface area contributed by atoms with Gasteiger partial charge in [0, 0.05) is 48.1 Å². The zero-order chi connectivity index (χ0) is 27.0. The number of carboxylic acid groups (broad SMARTS) is 1. The zero-order valence-electron chi connectivity index (χ0n) is 22.3. The minimum absolute atomic E-state index is 0.0471. The Kier molecular flexibility index (Phi) is 7.75. The second kappa shape index (κ2) is 11.0. The topological polar surface area (TPSA) is 106 Å². The summed E-state index contributed by atoms with van der Waals surface area (Å²) in [7, 11) is 0. The van der Waals surface area contributed by atoms with Crippen LogP contribution in [0.1, 0.15) is 70.3 Å². The van der Waals surface area contributed by atoms with Crippen LogP contribution < -0.4 is 5.32 Å². The van der Waals surface area contributed by atoms with Crippen molar-refractivity contribution in [3.8, 4) is 0 Å². The summed E-state index contributed by atoms with van der Waals surface area (Å²) in [5.41, 5.74) is 1.66. The maximum atomic E-state index is 14.3. The van der Waals surface area contributed by atoms with Crippen molar-refractivity contribution in [1.29, 1.82) is 0 Å². The molecular formula is C29H39FN4O4. The summed E-state index contributed by atoms with van der Waals surface area (Å²) in [5, 5.41) is 13.6. The normalized spacial score (nSPS) is 25.9. The van der Waals surface area contributed by atoms with Gasteiger partial charge in [0.05, 0.1) is 12.6 Å². The standard InChI is InChI=1S/C29H39FN4O4/c1-3-17(2)28(37)32-26(18-7-5-4-6-8-18)29(38)34-12-11-24-27(34)22(15-33(24)16-25(35)36)21-14-31-23-13-19(30)9-10-20(21)23/h9-10,13-14,17-18,22,24,26-27,31H,3-8,11-12,15-16H2,1-2H3,(H,32,37)(H,35,36)/t17-,22-,24-,26+,27-/m1/s1. The molecule has 1 aromatic heterocycles. The minimum Gasteiger partial charge on any atom is -0.480 e. The molecule has 5 rings (SSSR count). The number of rotatable bonds is 8. The maximum Gasteiger partial charge on any atom is 0.317 e. The predicted molar refractivity (Wildman–Crippen MR) is 142 cm³/mol. The van der Waals surface area contributed by atoms with E-state index in [0.717, 1.165) is 43.1 Å². The van der Waals surface area contributed by atoms with Crippen LogP contribution in [0.15, 0.2) is 24.4 Å². The Bertz CT molecular complexity index is 1190. The highest BCUT2D eigenvalue weighted by Gasteiger charge is 2.52. The molecular weight excluding hydrogens is 487 g/mol. The van der Waals surface area contributed by atoms with E-state index in [4.69, 9.17) is 0 Å². The number of carboxylic acids is 1. The van der Waals surface area contributed by atoms with Crippen LogP contribution in [0.5, 0.6) is 0 Å². The summed E-state index contributed by atoms with van der Waals surface area (Å²) < 4.78 is 13.9. The third kappa shape index (κ3) is 5.05. The van der Waals surface area contributed by atoms with Gasteiger partial charge in [-0.15, -0.1) is 0 Å². The zero-order valence-corrected chi connectivity index (χ0v) is 22.3. The van der Waals surface area contributed by atoms with Crippen molar-refractivity contribution < 1.29 is 23.9 Å². The largest absolute Gasteiger partial charge is 0.480 e. The van der Waals surface area contributed by atoms with Gasteiger partial charge in [-0.25, -0.2) is 4.39 Å². The van der Waals surface area contributed by atoms with Gasteiger partial charge in [-0.3, -0.25) is 19.3 Å². The highest BCUT2D eigenvalue weighted by molar-refractivity contribution is 5.89. The third-order valence-corrected chi connectivity index (χ3v) is 9.17. The Morgan fingerprint density at radius 1 is 1.18 bits per heavy atom. The Balaban J connectivity index is 1.48. The highest BCUT2D eigenvalue weighted by Crippen LogP contribution is 2.43. The molecule has 206 valence electrons. The number of aliphatic carboxylic acids is 1. The van der Waals surface area contributed by atoms with E-state index < -0.39 is 12.0 Å². The van der Waals surface area contributed by atoms with E-state index in [0.29, 0.717) is 31.4 Å². The van der Waals surface area contributed by atoms with Crippen LogP contribution in [-0.2, 0) is 14.4 Å². The van der Waals surface area contributed by atoms with Gasteiger partial charge in [-0.2, -0.15) is 0 Å². The van der Waals surface area contributed by atoms with Crippen LogP contribution in [-0.4, -0.2) is 75.4 Å². The van der Waals surface area contributed by atoms with E-state index in [9.17, 15) is 23.9 Å². The molecule has 3 heterocycles. The monoisotopic (exact) mass is 526 g/mol. The average molecular weight is 527 g/mol. The number of benzene rings is 1. The molecule has 5 atom stereocenters. The van der Waals surface area contributed by atoms with Crippen LogP contribution in [0.2, 0.25) is 0 Å². The van der Waals surface area contributed by atoms with Gasteiger partial charge in [0.1, 0.15) is 11.9 Å². The number of aromatic nitrogens is 1. The molecule has 2 amide bonds. The van der Waals surface area contributed by atoms with Gasteiger partial charge in [0.15, 0.2) is 0 Å². The number of hydrogen-bond acceptors (Lipinski definition) is 4. The molecule has 0 unspecified atom stereocenters.